The topological polar surface area (TPSA) is 56.5 Å². The molecule has 19 heavy (non-hydrogen) atoms. The molecule has 4 nitrogen and oxygen atoms in total. The first kappa shape index (κ1) is 15.5. The highest BCUT2D eigenvalue weighted by Gasteiger charge is 2.14. The van der Waals surface area contributed by atoms with Gasteiger partial charge >= 0.3 is 0 Å². The van der Waals surface area contributed by atoms with Crippen molar-refractivity contribution in [3.8, 4) is 11.8 Å². The molecule has 0 unspecified atom stereocenters. The molecule has 0 aromatic heterocycles. The summed E-state index contributed by atoms with van der Waals surface area (Å²) >= 11 is 0. The third kappa shape index (κ3) is 6.80. The summed E-state index contributed by atoms with van der Waals surface area (Å²) in [5.41, 5.74) is -0.0619. The minimum Gasteiger partial charge on any atom is -0.494 e. The summed E-state index contributed by atoms with van der Waals surface area (Å²) in [6.07, 6.45) is 0.878. The van der Waals surface area contributed by atoms with Crippen LogP contribution in [-0.2, 0) is 0 Å². The molecular weight excluding hydrogens is 240 g/mol. The van der Waals surface area contributed by atoms with E-state index < -0.39 is 5.60 Å². The molecule has 1 N–H and O–H groups in total. The number of hydrogen-bond acceptors (Lipinski definition) is 4. The molecule has 1 rings (SSSR count). The van der Waals surface area contributed by atoms with E-state index in [1.54, 1.807) is 26.0 Å². The predicted molar refractivity (Wildman–Crippen MR) is 75.1 cm³/mol. The molecule has 0 aliphatic carbocycles. The lowest BCUT2D eigenvalue weighted by Crippen LogP contribution is -2.37. The Labute approximate surface area is 115 Å². The van der Waals surface area contributed by atoms with Crippen molar-refractivity contribution in [3.63, 3.8) is 0 Å². The Balaban J connectivity index is 2.25. The number of aliphatic hydroxyl groups is 1. The maximum atomic E-state index is 9.68. The molecule has 0 aliphatic heterocycles. The molecule has 1 aromatic carbocycles. The molecule has 0 bridgehead atoms. The zero-order valence-electron chi connectivity index (χ0n) is 11.9. The number of likely N-dealkylation sites (N-methyl/N-ethyl adjacent to an activating group) is 1. The predicted octanol–water partition coefficient (Wildman–Crippen LogP) is 2.03. The molecule has 0 fully saturated rings. The van der Waals surface area contributed by atoms with Crippen molar-refractivity contribution in [2.45, 2.75) is 25.9 Å². The van der Waals surface area contributed by atoms with E-state index in [9.17, 15) is 5.11 Å². The van der Waals surface area contributed by atoms with Crippen LogP contribution < -0.4 is 4.74 Å². The Morgan fingerprint density at radius 2 is 2.16 bits per heavy atom. The third-order valence-electron chi connectivity index (χ3n) is 2.57. The standard InChI is InChI=1S/C15H22N2O2/c1-15(2,18)12-17(3)8-5-9-19-14-7-4-6-13(10-14)11-16/h4,6-7,10,18H,5,8-9,12H2,1-3H3. The van der Waals surface area contributed by atoms with Crippen LogP contribution in [0.25, 0.3) is 0 Å². The molecule has 1 aromatic rings. The Morgan fingerprint density at radius 1 is 1.42 bits per heavy atom. The highest BCUT2D eigenvalue weighted by molar-refractivity contribution is 5.36. The average molecular weight is 262 g/mol. The van der Waals surface area contributed by atoms with Crippen LogP contribution in [-0.4, -0.2) is 42.4 Å². The number of nitriles is 1. The van der Waals surface area contributed by atoms with E-state index in [1.807, 2.05) is 19.2 Å². The summed E-state index contributed by atoms with van der Waals surface area (Å²) in [6, 6.07) is 9.24. The van der Waals surface area contributed by atoms with Crippen molar-refractivity contribution in [3.05, 3.63) is 29.8 Å². The van der Waals surface area contributed by atoms with E-state index >= 15 is 0 Å². The SMILES string of the molecule is CN(CCCOc1cccc(C#N)c1)CC(C)(C)O. The Kier molecular flexibility index (Phi) is 5.81. The van der Waals surface area contributed by atoms with E-state index in [0.29, 0.717) is 18.7 Å². The first-order valence-corrected chi connectivity index (χ1v) is 6.44. The number of hydrogen-bond donors (Lipinski definition) is 1. The van der Waals surface area contributed by atoms with E-state index in [1.165, 1.54) is 0 Å². The fourth-order valence-electron chi connectivity index (χ4n) is 1.92. The van der Waals surface area contributed by atoms with E-state index in [4.69, 9.17) is 10.00 Å². The first-order valence-electron chi connectivity index (χ1n) is 6.44. The molecule has 0 saturated carbocycles. The van der Waals surface area contributed by atoms with Crippen LogP contribution in [0, 0.1) is 11.3 Å². The smallest absolute Gasteiger partial charge is 0.120 e. The van der Waals surface area contributed by atoms with Crippen LogP contribution in [0.15, 0.2) is 24.3 Å². The fourth-order valence-corrected chi connectivity index (χ4v) is 1.92. The summed E-state index contributed by atoms with van der Waals surface area (Å²) in [7, 11) is 1.98. The number of ether oxygens (including phenoxy) is 1. The van der Waals surface area contributed by atoms with Gasteiger partial charge in [0.2, 0.25) is 0 Å². The van der Waals surface area contributed by atoms with Gasteiger partial charge in [-0.25, -0.2) is 0 Å². The van der Waals surface area contributed by atoms with E-state index in [0.717, 1.165) is 18.7 Å². The molecule has 4 heteroatoms. The second-order valence-corrected chi connectivity index (χ2v) is 5.39. The number of benzene rings is 1. The van der Waals surface area contributed by atoms with Crippen molar-refractivity contribution < 1.29 is 9.84 Å². The van der Waals surface area contributed by atoms with Gasteiger partial charge in [0.05, 0.1) is 23.8 Å². The van der Waals surface area contributed by atoms with Gasteiger partial charge in [-0.05, 0) is 45.5 Å². The van der Waals surface area contributed by atoms with Gasteiger partial charge in [0.25, 0.3) is 0 Å². The molecule has 0 aliphatic rings. The quantitative estimate of drug-likeness (QED) is 0.764. The normalized spacial score (nSPS) is 11.4. The lowest BCUT2D eigenvalue weighted by Gasteiger charge is -2.25. The molecule has 0 amide bonds. The largest absolute Gasteiger partial charge is 0.494 e. The van der Waals surface area contributed by atoms with Gasteiger partial charge in [0.15, 0.2) is 0 Å². The molecule has 0 heterocycles. The number of rotatable bonds is 7. The van der Waals surface area contributed by atoms with Crippen molar-refractivity contribution in [2.75, 3.05) is 26.7 Å². The van der Waals surface area contributed by atoms with Gasteiger partial charge in [-0.15, -0.1) is 0 Å². The average Bonchev–Trinajstić information content (AvgIpc) is 2.33. The van der Waals surface area contributed by atoms with Crippen LogP contribution in [0.4, 0.5) is 0 Å². The van der Waals surface area contributed by atoms with Crippen molar-refractivity contribution in [1.82, 2.24) is 4.90 Å². The molecule has 0 spiro atoms. The monoisotopic (exact) mass is 262 g/mol. The maximum Gasteiger partial charge on any atom is 0.120 e. The summed E-state index contributed by atoms with van der Waals surface area (Å²) in [6.45, 7) is 5.70. The molecule has 104 valence electrons. The van der Waals surface area contributed by atoms with Crippen LogP contribution in [0.3, 0.4) is 0 Å². The van der Waals surface area contributed by atoms with Crippen molar-refractivity contribution in [1.29, 1.82) is 5.26 Å². The molecule has 0 radical (unpaired) electrons. The lowest BCUT2D eigenvalue weighted by molar-refractivity contribution is 0.0433. The van der Waals surface area contributed by atoms with Gasteiger partial charge in [-0.3, -0.25) is 0 Å². The number of nitrogens with zero attached hydrogens (tertiary/aromatic N) is 2. The van der Waals surface area contributed by atoms with Gasteiger partial charge in [0.1, 0.15) is 5.75 Å². The Hall–Kier alpha value is -1.57. The highest BCUT2D eigenvalue weighted by Crippen LogP contribution is 2.12. The molecule has 0 atom stereocenters. The minimum absolute atomic E-state index is 0.602. The van der Waals surface area contributed by atoms with Crippen LogP contribution in [0.1, 0.15) is 25.8 Å². The van der Waals surface area contributed by atoms with Crippen LogP contribution in [0.5, 0.6) is 5.75 Å². The van der Waals surface area contributed by atoms with Gasteiger partial charge in [-0.2, -0.15) is 5.26 Å². The Bertz CT molecular complexity index is 433. The summed E-state index contributed by atoms with van der Waals surface area (Å²) in [4.78, 5) is 2.08. The fraction of sp³-hybridized carbons (Fsp3) is 0.533. The summed E-state index contributed by atoms with van der Waals surface area (Å²) in [5.74, 6) is 0.726. The Morgan fingerprint density at radius 3 is 2.79 bits per heavy atom. The molecule has 0 saturated heterocycles. The van der Waals surface area contributed by atoms with Gasteiger partial charge in [-0.1, -0.05) is 6.07 Å². The second kappa shape index (κ2) is 7.13. The second-order valence-electron chi connectivity index (χ2n) is 5.39. The van der Waals surface area contributed by atoms with Crippen LogP contribution in [0.2, 0.25) is 0 Å². The van der Waals surface area contributed by atoms with Crippen molar-refractivity contribution >= 4 is 0 Å². The summed E-state index contributed by atoms with van der Waals surface area (Å²) < 4.78 is 5.59. The summed E-state index contributed by atoms with van der Waals surface area (Å²) in [5, 5.41) is 18.5. The van der Waals surface area contributed by atoms with Gasteiger partial charge in [0, 0.05) is 13.1 Å². The van der Waals surface area contributed by atoms with Gasteiger partial charge < -0.3 is 14.7 Å². The highest BCUT2D eigenvalue weighted by atomic mass is 16.5. The zero-order valence-corrected chi connectivity index (χ0v) is 11.9. The van der Waals surface area contributed by atoms with Crippen molar-refractivity contribution in [2.24, 2.45) is 0 Å². The third-order valence-corrected chi connectivity index (χ3v) is 2.57. The zero-order chi connectivity index (χ0) is 14.3. The minimum atomic E-state index is -0.670. The maximum absolute atomic E-state index is 9.68. The first-order chi connectivity index (χ1) is 8.90. The lowest BCUT2D eigenvalue weighted by atomic mass is 10.1. The molecular formula is C15H22N2O2. The van der Waals surface area contributed by atoms with E-state index in [-0.39, 0.29) is 0 Å². The van der Waals surface area contributed by atoms with Crippen LogP contribution >= 0.6 is 0 Å². The van der Waals surface area contributed by atoms with E-state index in [2.05, 4.69) is 11.0 Å².